The van der Waals surface area contributed by atoms with Crippen molar-refractivity contribution in [3.8, 4) is 0 Å². The minimum atomic E-state index is -4.13. The second-order valence-corrected chi connectivity index (χ2v) is 8.55. The van der Waals surface area contributed by atoms with Crippen molar-refractivity contribution >= 4 is 37.3 Å². The van der Waals surface area contributed by atoms with Gasteiger partial charge in [-0.1, -0.05) is 41.9 Å². The topological polar surface area (TPSA) is 118 Å². The number of benzene rings is 2. The van der Waals surface area contributed by atoms with E-state index >= 15 is 0 Å². The summed E-state index contributed by atoms with van der Waals surface area (Å²) in [6, 6.07) is 11.1. The maximum absolute atomic E-state index is 12.4. The standard InChI is InChI=1S/C13H12ClN3O4S2/c14-9-6-10-12(7-11(9)22(15,18)19)23(20,21)17-13(16-10)8-4-2-1-3-5-8/h1-7,13,16-17H,(H2,15,18,19)/t13-/m1/s1. The number of nitrogens with one attached hydrogen (secondary N) is 2. The highest BCUT2D eigenvalue weighted by Crippen LogP contribution is 2.36. The Morgan fingerprint density at radius 3 is 2.39 bits per heavy atom. The minimum absolute atomic E-state index is 0.150. The van der Waals surface area contributed by atoms with Gasteiger partial charge in [0.1, 0.15) is 16.0 Å². The Morgan fingerprint density at radius 1 is 1.13 bits per heavy atom. The third-order valence-electron chi connectivity index (χ3n) is 3.34. The molecule has 23 heavy (non-hydrogen) atoms. The fourth-order valence-corrected chi connectivity index (χ4v) is 4.77. The predicted octanol–water partition coefficient (Wildman–Crippen LogP) is 1.39. The van der Waals surface area contributed by atoms with E-state index in [1.54, 1.807) is 24.3 Å². The molecule has 3 rings (SSSR count). The van der Waals surface area contributed by atoms with Gasteiger partial charge in [0.2, 0.25) is 20.0 Å². The Morgan fingerprint density at radius 2 is 1.78 bits per heavy atom. The van der Waals surface area contributed by atoms with Crippen molar-refractivity contribution in [1.82, 2.24) is 4.72 Å². The van der Waals surface area contributed by atoms with Crippen molar-refractivity contribution in [3.05, 3.63) is 53.1 Å². The second kappa shape index (κ2) is 5.46. The van der Waals surface area contributed by atoms with Crippen LogP contribution in [0.15, 0.2) is 52.3 Å². The number of nitrogens with two attached hydrogens (primary N) is 1. The summed E-state index contributed by atoms with van der Waals surface area (Å²) in [5.41, 5.74) is 0.906. The van der Waals surface area contributed by atoms with Gasteiger partial charge in [-0.3, -0.25) is 0 Å². The highest BCUT2D eigenvalue weighted by molar-refractivity contribution is 7.90. The maximum atomic E-state index is 12.4. The molecule has 0 unspecified atom stereocenters. The number of hydrogen-bond acceptors (Lipinski definition) is 5. The quantitative estimate of drug-likeness (QED) is 0.735. The first kappa shape index (κ1) is 16.2. The third kappa shape index (κ3) is 3.06. The summed E-state index contributed by atoms with van der Waals surface area (Å²) in [6.07, 6.45) is -0.690. The number of hydrogen-bond donors (Lipinski definition) is 3. The van der Waals surface area contributed by atoms with Gasteiger partial charge in [0.05, 0.1) is 10.7 Å². The Kier molecular flexibility index (Phi) is 3.85. The first-order valence-electron chi connectivity index (χ1n) is 6.39. The lowest BCUT2D eigenvalue weighted by Gasteiger charge is -2.28. The van der Waals surface area contributed by atoms with E-state index in [2.05, 4.69) is 10.0 Å². The lowest BCUT2D eigenvalue weighted by Crippen LogP contribution is -2.38. The molecular weight excluding hydrogens is 362 g/mol. The van der Waals surface area contributed by atoms with Crippen molar-refractivity contribution in [2.24, 2.45) is 5.14 Å². The predicted molar refractivity (Wildman–Crippen MR) is 86.0 cm³/mol. The number of sulfonamides is 2. The van der Waals surface area contributed by atoms with Gasteiger partial charge in [0.25, 0.3) is 0 Å². The number of fused-ring (bicyclic) bond motifs is 1. The van der Waals surface area contributed by atoms with Gasteiger partial charge in [-0.25, -0.2) is 22.0 Å². The number of halogens is 1. The molecule has 0 bridgehead atoms. The lowest BCUT2D eigenvalue weighted by molar-refractivity contribution is 0.562. The van der Waals surface area contributed by atoms with Gasteiger partial charge in [0.15, 0.2) is 0 Å². The molecule has 0 aromatic heterocycles. The van der Waals surface area contributed by atoms with Crippen LogP contribution in [0.3, 0.4) is 0 Å². The van der Waals surface area contributed by atoms with E-state index in [1.807, 2.05) is 6.07 Å². The summed E-state index contributed by atoms with van der Waals surface area (Å²) >= 11 is 5.92. The summed E-state index contributed by atoms with van der Waals surface area (Å²) in [7, 11) is -8.06. The van der Waals surface area contributed by atoms with E-state index in [-0.39, 0.29) is 15.6 Å². The van der Waals surface area contributed by atoms with Crippen LogP contribution in [0.5, 0.6) is 0 Å². The molecule has 7 nitrogen and oxygen atoms in total. The zero-order valence-corrected chi connectivity index (χ0v) is 13.9. The molecule has 0 radical (unpaired) electrons. The van der Waals surface area contributed by atoms with Crippen LogP contribution in [0.4, 0.5) is 5.69 Å². The average molecular weight is 374 g/mol. The van der Waals surface area contributed by atoms with Crippen LogP contribution in [0.1, 0.15) is 11.7 Å². The molecule has 2 aromatic carbocycles. The van der Waals surface area contributed by atoms with Crippen molar-refractivity contribution < 1.29 is 16.8 Å². The smallest absolute Gasteiger partial charge is 0.244 e. The van der Waals surface area contributed by atoms with Gasteiger partial charge in [-0.05, 0) is 17.7 Å². The molecule has 0 amide bonds. The minimum Gasteiger partial charge on any atom is -0.364 e. The first-order chi connectivity index (χ1) is 10.7. The van der Waals surface area contributed by atoms with Crippen LogP contribution >= 0.6 is 11.6 Å². The Labute approximate surface area is 138 Å². The fourth-order valence-electron chi connectivity index (χ4n) is 2.29. The van der Waals surface area contributed by atoms with Crippen molar-refractivity contribution in [1.29, 1.82) is 0 Å². The summed E-state index contributed by atoms with van der Waals surface area (Å²) in [5.74, 6) is 0. The Hall–Kier alpha value is -1.65. The molecule has 1 atom stereocenters. The largest absolute Gasteiger partial charge is 0.364 e. The summed E-state index contributed by atoms with van der Waals surface area (Å²) in [5, 5.41) is 7.88. The molecule has 2 aromatic rings. The number of rotatable bonds is 2. The van der Waals surface area contributed by atoms with Gasteiger partial charge < -0.3 is 5.32 Å². The van der Waals surface area contributed by atoms with Crippen molar-refractivity contribution in [2.45, 2.75) is 16.0 Å². The Bertz CT molecular complexity index is 976. The molecule has 0 aliphatic carbocycles. The average Bonchev–Trinajstić information content (AvgIpc) is 2.45. The van der Waals surface area contributed by atoms with Crippen molar-refractivity contribution in [3.63, 3.8) is 0 Å². The molecule has 4 N–H and O–H groups in total. The number of anilines is 1. The van der Waals surface area contributed by atoms with Gasteiger partial charge in [0, 0.05) is 0 Å². The first-order valence-corrected chi connectivity index (χ1v) is 9.79. The molecule has 0 fully saturated rings. The van der Waals surface area contributed by atoms with E-state index in [9.17, 15) is 16.8 Å². The highest BCUT2D eigenvalue weighted by Gasteiger charge is 2.32. The highest BCUT2D eigenvalue weighted by atomic mass is 35.5. The summed E-state index contributed by atoms with van der Waals surface area (Å²) in [4.78, 5) is -0.665. The number of primary sulfonamides is 1. The molecule has 1 heterocycles. The molecular formula is C13H12ClN3O4S2. The lowest BCUT2D eigenvalue weighted by atomic mass is 10.1. The summed E-state index contributed by atoms with van der Waals surface area (Å²) in [6.45, 7) is 0. The van der Waals surface area contributed by atoms with E-state index in [1.165, 1.54) is 6.07 Å². The molecule has 0 saturated carbocycles. The maximum Gasteiger partial charge on any atom is 0.244 e. The fraction of sp³-hybridized carbons (Fsp3) is 0.0769. The molecule has 10 heteroatoms. The van der Waals surface area contributed by atoms with E-state index in [0.29, 0.717) is 5.56 Å². The van der Waals surface area contributed by atoms with Gasteiger partial charge >= 0.3 is 0 Å². The van der Waals surface area contributed by atoms with E-state index in [0.717, 1.165) is 6.07 Å². The molecule has 0 spiro atoms. The Balaban J connectivity index is 2.15. The van der Waals surface area contributed by atoms with Crippen LogP contribution in [0.2, 0.25) is 5.02 Å². The van der Waals surface area contributed by atoms with Crippen LogP contribution in [0.25, 0.3) is 0 Å². The van der Waals surface area contributed by atoms with Crippen LogP contribution < -0.4 is 15.2 Å². The van der Waals surface area contributed by atoms with Crippen LogP contribution in [0, 0.1) is 0 Å². The zero-order valence-electron chi connectivity index (χ0n) is 11.5. The second-order valence-electron chi connectivity index (χ2n) is 4.93. The van der Waals surface area contributed by atoms with E-state index in [4.69, 9.17) is 16.7 Å². The SMILES string of the molecule is NS(=O)(=O)c1cc2c(cc1Cl)N[C@@H](c1ccccc1)NS2(=O)=O. The molecule has 122 valence electrons. The van der Waals surface area contributed by atoms with Crippen LogP contribution in [-0.2, 0) is 20.0 Å². The molecule has 1 aliphatic heterocycles. The molecule has 0 saturated heterocycles. The summed E-state index contributed by atoms with van der Waals surface area (Å²) < 4.78 is 50.3. The monoisotopic (exact) mass is 373 g/mol. The van der Waals surface area contributed by atoms with Crippen molar-refractivity contribution in [2.75, 3.05) is 5.32 Å². The van der Waals surface area contributed by atoms with Crippen LogP contribution in [-0.4, -0.2) is 16.8 Å². The van der Waals surface area contributed by atoms with Gasteiger partial charge in [-0.2, -0.15) is 4.72 Å². The molecule has 1 aliphatic rings. The van der Waals surface area contributed by atoms with E-state index < -0.39 is 31.1 Å². The normalized spacial score (nSPS) is 19.7. The van der Waals surface area contributed by atoms with Gasteiger partial charge in [-0.15, -0.1) is 0 Å². The third-order valence-corrected chi connectivity index (χ3v) is 6.17. The zero-order chi connectivity index (χ0) is 16.8.